The minimum Gasteiger partial charge on any atom is -0.481 e. The number of carbonyl (C=O) groups is 1. The summed E-state index contributed by atoms with van der Waals surface area (Å²) in [6.07, 6.45) is 2.56. The molecule has 0 radical (unpaired) electrons. The molecule has 0 bridgehead atoms. The highest BCUT2D eigenvalue weighted by atomic mass is 16.4. The van der Waals surface area contributed by atoms with Crippen molar-refractivity contribution in [2.24, 2.45) is 0 Å². The van der Waals surface area contributed by atoms with E-state index < -0.39 is 5.97 Å². The molecule has 106 valence electrons. The zero-order valence-electron chi connectivity index (χ0n) is 11.5. The van der Waals surface area contributed by atoms with Crippen molar-refractivity contribution < 1.29 is 9.90 Å². The predicted molar refractivity (Wildman–Crippen MR) is 74.1 cm³/mol. The Morgan fingerprint density at radius 2 is 2.00 bits per heavy atom. The number of carboxylic acid groups (broad SMARTS) is 1. The Kier molecular flexibility index (Phi) is 4.81. The molecule has 0 atom stereocenters. The van der Waals surface area contributed by atoms with Gasteiger partial charge in [-0.15, -0.1) is 5.10 Å². The van der Waals surface area contributed by atoms with Crippen LogP contribution in [0.2, 0.25) is 0 Å². The summed E-state index contributed by atoms with van der Waals surface area (Å²) in [5, 5.41) is 20.3. The number of aromatic nitrogens is 4. The molecule has 0 saturated carbocycles. The van der Waals surface area contributed by atoms with Crippen molar-refractivity contribution >= 4 is 5.97 Å². The maximum absolute atomic E-state index is 10.5. The lowest BCUT2D eigenvalue weighted by molar-refractivity contribution is -0.137. The fourth-order valence-electron chi connectivity index (χ4n) is 1.99. The molecule has 1 aromatic carbocycles. The van der Waals surface area contributed by atoms with Gasteiger partial charge in [-0.3, -0.25) is 4.79 Å². The molecule has 0 aliphatic carbocycles. The van der Waals surface area contributed by atoms with Crippen LogP contribution in [0, 0.1) is 0 Å². The summed E-state index contributed by atoms with van der Waals surface area (Å²) in [7, 11) is 0. The van der Waals surface area contributed by atoms with E-state index in [4.69, 9.17) is 5.11 Å². The van der Waals surface area contributed by atoms with E-state index in [0.29, 0.717) is 13.0 Å². The molecule has 20 heavy (non-hydrogen) atoms. The topological polar surface area (TPSA) is 80.9 Å². The van der Waals surface area contributed by atoms with E-state index in [1.54, 1.807) is 4.68 Å². The average molecular weight is 274 g/mol. The normalized spacial score (nSPS) is 10.7. The number of rotatable bonds is 7. The zero-order valence-corrected chi connectivity index (χ0v) is 11.5. The molecule has 0 aliphatic rings. The third-order valence-corrected chi connectivity index (χ3v) is 3.16. The van der Waals surface area contributed by atoms with Gasteiger partial charge in [0.25, 0.3) is 0 Å². The number of carboxylic acids is 1. The number of aliphatic carboxylic acids is 1. The molecule has 0 aliphatic heterocycles. The van der Waals surface area contributed by atoms with E-state index in [-0.39, 0.29) is 6.42 Å². The van der Waals surface area contributed by atoms with Gasteiger partial charge in [-0.05, 0) is 35.3 Å². The Balaban J connectivity index is 2.01. The second-order valence-electron chi connectivity index (χ2n) is 4.63. The number of tetrazole rings is 1. The van der Waals surface area contributed by atoms with Crippen LogP contribution >= 0.6 is 0 Å². The van der Waals surface area contributed by atoms with E-state index in [0.717, 1.165) is 24.2 Å². The first-order valence-electron chi connectivity index (χ1n) is 6.78. The summed E-state index contributed by atoms with van der Waals surface area (Å²) in [6, 6.07) is 8.16. The molecule has 6 heteroatoms. The summed E-state index contributed by atoms with van der Waals surface area (Å²) in [4.78, 5) is 10.5. The Bertz CT molecular complexity index is 563. The molecule has 0 saturated heterocycles. The third kappa shape index (κ3) is 3.63. The van der Waals surface area contributed by atoms with Gasteiger partial charge in [0.15, 0.2) is 5.82 Å². The van der Waals surface area contributed by atoms with Crippen molar-refractivity contribution in [1.82, 2.24) is 20.2 Å². The van der Waals surface area contributed by atoms with Crippen LogP contribution < -0.4 is 0 Å². The molecule has 0 amide bonds. The fraction of sp³-hybridized carbons (Fsp3) is 0.429. The number of benzene rings is 1. The maximum atomic E-state index is 10.5. The second-order valence-corrected chi connectivity index (χ2v) is 4.63. The van der Waals surface area contributed by atoms with Gasteiger partial charge in [-0.1, -0.05) is 31.2 Å². The van der Waals surface area contributed by atoms with Crippen LogP contribution in [-0.4, -0.2) is 31.3 Å². The first-order chi connectivity index (χ1) is 9.70. The van der Waals surface area contributed by atoms with E-state index in [1.807, 2.05) is 12.1 Å². The van der Waals surface area contributed by atoms with Crippen molar-refractivity contribution in [3.05, 3.63) is 29.8 Å². The second kappa shape index (κ2) is 6.79. The monoisotopic (exact) mass is 274 g/mol. The van der Waals surface area contributed by atoms with Gasteiger partial charge in [0.2, 0.25) is 0 Å². The van der Waals surface area contributed by atoms with Crippen molar-refractivity contribution in [3.8, 4) is 11.4 Å². The van der Waals surface area contributed by atoms with Gasteiger partial charge in [0, 0.05) is 18.5 Å². The smallest absolute Gasteiger partial charge is 0.303 e. The van der Waals surface area contributed by atoms with E-state index in [9.17, 15) is 4.79 Å². The maximum Gasteiger partial charge on any atom is 0.303 e. The first kappa shape index (κ1) is 14.2. The van der Waals surface area contributed by atoms with Gasteiger partial charge >= 0.3 is 5.97 Å². The summed E-state index contributed by atoms with van der Waals surface area (Å²) in [6.45, 7) is 2.74. The van der Waals surface area contributed by atoms with Gasteiger partial charge < -0.3 is 5.11 Å². The van der Waals surface area contributed by atoms with E-state index >= 15 is 0 Å². The molecular formula is C14H18N4O2. The van der Waals surface area contributed by atoms with Crippen LogP contribution in [-0.2, 0) is 17.8 Å². The van der Waals surface area contributed by atoms with Gasteiger partial charge in [0.05, 0.1) is 0 Å². The minimum atomic E-state index is -0.767. The average Bonchev–Trinajstić information content (AvgIpc) is 2.92. The quantitative estimate of drug-likeness (QED) is 0.782. The van der Waals surface area contributed by atoms with Crippen molar-refractivity contribution in [3.63, 3.8) is 0 Å². The summed E-state index contributed by atoms with van der Waals surface area (Å²) < 4.78 is 1.73. The Morgan fingerprint density at radius 1 is 1.25 bits per heavy atom. The van der Waals surface area contributed by atoms with Crippen LogP contribution in [0.5, 0.6) is 0 Å². The number of hydrogen-bond acceptors (Lipinski definition) is 4. The van der Waals surface area contributed by atoms with Crippen LogP contribution in [0.15, 0.2) is 24.3 Å². The predicted octanol–water partition coefficient (Wildman–Crippen LogP) is 2.16. The molecular weight excluding hydrogens is 256 g/mol. The molecule has 2 aromatic rings. The molecule has 1 N–H and O–H groups in total. The SMILES string of the molecule is CCc1ccc(-c2nnnn2CCCCC(=O)O)cc1. The largest absolute Gasteiger partial charge is 0.481 e. The number of nitrogens with zero attached hydrogens (tertiary/aromatic N) is 4. The number of hydrogen-bond donors (Lipinski definition) is 1. The molecule has 1 heterocycles. The molecule has 1 aromatic heterocycles. The van der Waals surface area contributed by atoms with Gasteiger partial charge in [-0.25, -0.2) is 4.68 Å². The van der Waals surface area contributed by atoms with Gasteiger partial charge in [-0.2, -0.15) is 0 Å². The Morgan fingerprint density at radius 3 is 2.65 bits per heavy atom. The van der Waals surface area contributed by atoms with E-state index in [2.05, 4.69) is 34.6 Å². The highest BCUT2D eigenvalue weighted by molar-refractivity contribution is 5.66. The lowest BCUT2D eigenvalue weighted by atomic mass is 10.1. The lowest BCUT2D eigenvalue weighted by Gasteiger charge is -2.05. The molecule has 0 spiro atoms. The highest BCUT2D eigenvalue weighted by Crippen LogP contribution is 2.17. The zero-order chi connectivity index (χ0) is 14.4. The van der Waals surface area contributed by atoms with Crippen molar-refractivity contribution in [1.29, 1.82) is 0 Å². The lowest BCUT2D eigenvalue weighted by Crippen LogP contribution is -2.04. The van der Waals surface area contributed by atoms with Crippen LogP contribution in [0.1, 0.15) is 31.7 Å². The molecule has 2 rings (SSSR count). The summed E-state index contributed by atoms with van der Waals surface area (Å²) in [5.74, 6) is -0.0416. The first-order valence-corrected chi connectivity index (χ1v) is 6.78. The Hall–Kier alpha value is -2.24. The molecule has 0 fully saturated rings. The summed E-state index contributed by atoms with van der Waals surface area (Å²) >= 11 is 0. The van der Waals surface area contributed by atoms with Crippen molar-refractivity contribution in [2.45, 2.75) is 39.2 Å². The number of aryl methyl sites for hydroxylation is 2. The van der Waals surface area contributed by atoms with Crippen molar-refractivity contribution in [2.75, 3.05) is 0 Å². The highest BCUT2D eigenvalue weighted by Gasteiger charge is 2.08. The standard InChI is InChI=1S/C14H18N4O2/c1-2-11-6-8-12(9-7-11)14-15-16-17-18(14)10-4-3-5-13(19)20/h6-9H,2-5,10H2,1H3,(H,19,20). The molecule has 0 unspecified atom stereocenters. The molecule has 6 nitrogen and oxygen atoms in total. The Labute approximate surface area is 117 Å². The van der Waals surface area contributed by atoms with Gasteiger partial charge in [0.1, 0.15) is 0 Å². The van der Waals surface area contributed by atoms with Crippen LogP contribution in [0.4, 0.5) is 0 Å². The van der Waals surface area contributed by atoms with Crippen LogP contribution in [0.25, 0.3) is 11.4 Å². The fourth-order valence-corrected chi connectivity index (χ4v) is 1.99. The van der Waals surface area contributed by atoms with E-state index in [1.165, 1.54) is 5.56 Å². The summed E-state index contributed by atoms with van der Waals surface area (Å²) in [5.41, 5.74) is 2.25. The number of unbranched alkanes of at least 4 members (excludes halogenated alkanes) is 1. The van der Waals surface area contributed by atoms with Crippen LogP contribution in [0.3, 0.4) is 0 Å². The third-order valence-electron chi connectivity index (χ3n) is 3.16. The minimum absolute atomic E-state index is 0.183.